The molecular formula is C20H17ClN4OS. The van der Waals surface area contributed by atoms with Gasteiger partial charge in [0, 0.05) is 28.9 Å². The van der Waals surface area contributed by atoms with Crippen LogP contribution in [0.2, 0.25) is 5.02 Å². The van der Waals surface area contributed by atoms with Crippen molar-refractivity contribution in [3.05, 3.63) is 86.9 Å². The highest BCUT2D eigenvalue weighted by Crippen LogP contribution is 2.23. The fourth-order valence-electron chi connectivity index (χ4n) is 2.82. The highest BCUT2D eigenvalue weighted by atomic mass is 35.5. The highest BCUT2D eigenvalue weighted by molar-refractivity contribution is 7.98. The number of hydrogen-bond acceptors (Lipinski definition) is 4. The van der Waals surface area contributed by atoms with Gasteiger partial charge in [0.1, 0.15) is 0 Å². The van der Waals surface area contributed by atoms with Gasteiger partial charge in [-0.05, 0) is 54.8 Å². The lowest BCUT2D eigenvalue weighted by atomic mass is 10.1. The van der Waals surface area contributed by atoms with E-state index in [2.05, 4.69) is 10.2 Å². The van der Waals surface area contributed by atoms with E-state index in [9.17, 15) is 4.79 Å². The van der Waals surface area contributed by atoms with Gasteiger partial charge in [0.25, 0.3) is 0 Å². The topological polar surface area (TPSA) is 52.2 Å². The summed E-state index contributed by atoms with van der Waals surface area (Å²) >= 11 is 7.55. The molecule has 0 N–H and O–H groups in total. The van der Waals surface area contributed by atoms with E-state index in [1.165, 1.54) is 17.3 Å². The molecule has 0 saturated carbocycles. The Bertz CT molecular complexity index is 1200. The van der Waals surface area contributed by atoms with E-state index in [0.717, 1.165) is 16.8 Å². The zero-order valence-electron chi connectivity index (χ0n) is 14.9. The number of aromatic nitrogens is 4. The van der Waals surface area contributed by atoms with Crippen molar-refractivity contribution in [2.24, 2.45) is 0 Å². The number of thioether (sulfide) groups is 1. The molecule has 0 spiro atoms. The molecule has 0 saturated heterocycles. The lowest BCUT2D eigenvalue weighted by molar-refractivity contribution is 0.892. The Morgan fingerprint density at radius 3 is 2.67 bits per heavy atom. The van der Waals surface area contributed by atoms with Crippen molar-refractivity contribution in [2.45, 2.75) is 24.8 Å². The maximum atomic E-state index is 12.9. The van der Waals surface area contributed by atoms with Gasteiger partial charge in [-0.15, -0.1) is 10.2 Å². The third-order valence-electron chi connectivity index (χ3n) is 4.47. The minimum absolute atomic E-state index is 0.192. The maximum absolute atomic E-state index is 12.9. The molecule has 0 bridgehead atoms. The van der Waals surface area contributed by atoms with E-state index in [0.29, 0.717) is 21.6 Å². The number of halogens is 1. The predicted molar refractivity (Wildman–Crippen MR) is 109 cm³/mol. The molecule has 4 aromatic rings. The molecule has 0 atom stereocenters. The molecule has 0 unspecified atom stereocenters. The lowest BCUT2D eigenvalue weighted by Gasteiger charge is -2.08. The number of aryl methyl sites for hydroxylation is 2. The van der Waals surface area contributed by atoms with Crippen molar-refractivity contribution in [1.29, 1.82) is 0 Å². The van der Waals surface area contributed by atoms with E-state index in [-0.39, 0.29) is 5.56 Å². The highest BCUT2D eigenvalue weighted by Gasteiger charge is 2.12. The average molecular weight is 397 g/mol. The molecule has 4 rings (SSSR count). The minimum Gasteiger partial charge on any atom is -0.280 e. The second-order valence-corrected chi connectivity index (χ2v) is 7.72. The van der Waals surface area contributed by atoms with Gasteiger partial charge in [-0.3, -0.25) is 13.8 Å². The van der Waals surface area contributed by atoms with Crippen molar-refractivity contribution in [3.8, 4) is 5.69 Å². The van der Waals surface area contributed by atoms with Crippen LogP contribution in [0.25, 0.3) is 11.3 Å². The van der Waals surface area contributed by atoms with E-state index >= 15 is 0 Å². The molecule has 0 aliphatic carbocycles. The zero-order valence-corrected chi connectivity index (χ0v) is 16.5. The van der Waals surface area contributed by atoms with Gasteiger partial charge in [-0.25, -0.2) is 0 Å². The van der Waals surface area contributed by atoms with Crippen LogP contribution in [0.5, 0.6) is 0 Å². The molecular weight excluding hydrogens is 380 g/mol. The molecule has 0 radical (unpaired) electrons. The largest absolute Gasteiger partial charge is 0.300 e. The molecule has 7 heteroatoms. The normalized spacial score (nSPS) is 11.2. The van der Waals surface area contributed by atoms with Crippen LogP contribution < -0.4 is 5.56 Å². The number of nitrogens with zero attached hydrogens (tertiary/aromatic N) is 4. The molecule has 5 nitrogen and oxygen atoms in total. The summed E-state index contributed by atoms with van der Waals surface area (Å²) in [5.41, 5.74) is 4.36. The second kappa shape index (κ2) is 7.21. The maximum Gasteiger partial charge on any atom is 0.300 e. The Labute approximate surface area is 165 Å². The smallest absolute Gasteiger partial charge is 0.280 e. The van der Waals surface area contributed by atoms with Gasteiger partial charge < -0.3 is 0 Å². The summed E-state index contributed by atoms with van der Waals surface area (Å²) < 4.78 is 3.33. The minimum atomic E-state index is -0.192. The Kier molecular flexibility index (Phi) is 4.76. The monoisotopic (exact) mass is 396 g/mol. The Morgan fingerprint density at radius 1 is 1.04 bits per heavy atom. The van der Waals surface area contributed by atoms with Crippen LogP contribution >= 0.6 is 23.4 Å². The molecule has 0 aliphatic heterocycles. The molecule has 0 aliphatic rings. The van der Waals surface area contributed by atoms with E-state index < -0.39 is 0 Å². The van der Waals surface area contributed by atoms with Gasteiger partial charge in [0.05, 0.1) is 0 Å². The van der Waals surface area contributed by atoms with Crippen LogP contribution in [0.3, 0.4) is 0 Å². The third-order valence-corrected chi connectivity index (χ3v) is 5.71. The zero-order chi connectivity index (χ0) is 19.0. The van der Waals surface area contributed by atoms with Gasteiger partial charge in [0.2, 0.25) is 5.65 Å². The van der Waals surface area contributed by atoms with Crippen LogP contribution in [0, 0.1) is 13.8 Å². The summed E-state index contributed by atoms with van der Waals surface area (Å²) in [6.07, 6.45) is 3.58. The van der Waals surface area contributed by atoms with Crippen LogP contribution in [-0.4, -0.2) is 19.2 Å². The van der Waals surface area contributed by atoms with Crippen molar-refractivity contribution < 1.29 is 0 Å². The van der Waals surface area contributed by atoms with E-state index in [1.54, 1.807) is 15.2 Å². The number of fused-ring (bicyclic) bond motifs is 1. The quantitative estimate of drug-likeness (QED) is 0.478. The first-order valence-electron chi connectivity index (χ1n) is 8.44. The summed E-state index contributed by atoms with van der Waals surface area (Å²) in [4.78, 5) is 12.9. The van der Waals surface area contributed by atoms with Crippen molar-refractivity contribution in [2.75, 3.05) is 0 Å². The SMILES string of the molecule is Cc1ccc(-n2ccn3c(SCc4cccc(Cl)c4)nnc3c2=O)cc1C. The fourth-order valence-corrected chi connectivity index (χ4v) is 3.89. The van der Waals surface area contributed by atoms with Gasteiger partial charge in [0.15, 0.2) is 5.16 Å². The molecule has 2 heterocycles. The van der Waals surface area contributed by atoms with Gasteiger partial charge in [-0.2, -0.15) is 0 Å². The van der Waals surface area contributed by atoms with E-state index in [4.69, 9.17) is 11.6 Å². The summed E-state index contributed by atoms with van der Waals surface area (Å²) in [6.45, 7) is 4.08. The second-order valence-electron chi connectivity index (χ2n) is 6.34. The van der Waals surface area contributed by atoms with Crippen LogP contribution in [0.15, 0.2) is 64.8 Å². The van der Waals surface area contributed by atoms with Gasteiger partial charge in [-0.1, -0.05) is 41.6 Å². The lowest BCUT2D eigenvalue weighted by Crippen LogP contribution is -2.20. The number of rotatable bonds is 4. The summed E-state index contributed by atoms with van der Waals surface area (Å²) in [7, 11) is 0. The molecule has 27 heavy (non-hydrogen) atoms. The molecule has 2 aromatic heterocycles. The van der Waals surface area contributed by atoms with E-state index in [1.807, 2.05) is 62.5 Å². The summed E-state index contributed by atoms with van der Waals surface area (Å²) in [6, 6.07) is 13.6. The van der Waals surface area contributed by atoms with Crippen molar-refractivity contribution in [1.82, 2.24) is 19.2 Å². The predicted octanol–water partition coefficient (Wildman–Crippen LogP) is 4.44. The van der Waals surface area contributed by atoms with Gasteiger partial charge >= 0.3 is 5.56 Å². The first-order valence-corrected chi connectivity index (χ1v) is 9.80. The summed E-state index contributed by atoms with van der Waals surface area (Å²) in [5.74, 6) is 0.696. The Balaban J connectivity index is 1.67. The molecule has 0 fully saturated rings. The molecule has 2 aromatic carbocycles. The first kappa shape index (κ1) is 17.8. The molecule has 136 valence electrons. The molecule has 0 amide bonds. The van der Waals surface area contributed by atoms with Crippen molar-refractivity contribution in [3.63, 3.8) is 0 Å². The fraction of sp³-hybridized carbons (Fsp3) is 0.150. The van der Waals surface area contributed by atoms with Crippen LogP contribution in [0.1, 0.15) is 16.7 Å². The number of benzene rings is 2. The third kappa shape index (κ3) is 3.50. The summed E-state index contributed by atoms with van der Waals surface area (Å²) in [5, 5.41) is 9.68. The Hall–Kier alpha value is -2.57. The average Bonchev–Trinajstić information content (AvgIpc) is 3.07. The Morgan fingerprint density at radius 2 is 1.89 bits per heavy atom. The van der Waals surface area contributed by atoms with Crippen LogP contribution in [-0.2, 0) is 5.75 Å². The van der Waals surface area contributed by atoms with Crippen molar-refractivity contribution >= 4 is 29.0 Å². The number of hydrogen-bond donors (Lipinski definition) is 0. The standard InChI is InChI=1S/C20H17ClN4OS/c1-13-6-7-17(10-14(13)2)24-8-9-25-18(19(24)26)22-23-20(25)27-12-15-4-3-5-16(21)11-15/h3-11H,12H2,1-2H3. The first-order chi connectivity index (χ1) is 13.0. The van der Waals surface area contributed by atoms with Crippen LogP contribution in [0.4, 0.5) is 0 Å².